The highest BCUT2D eigenvalue weighted by atomic mass is 16.1. The average Bonchev–Trinajstić information content (AvgIpc) is 3.18. The molecular formula is C29H36N2O. The van der Waals surface area contributed by atoms with Crippen LogP contribution in [0.4, 0.5) is 0 Å². The first-order valence-electron chi connectivity index (χ1n) is 12.9. The van der Waals surface area contributed by atoms with Gasteiger partial charge in [-0.25, -0.2) is 0 Å². The molecular weight excluding hydrogens is 392 g/mol. The summed E-state index contributed by atoms with van der Waals surface area (Å²) in [5, 5.41) is 0. The summed E-state index contributed by atoms with van der Waals surface area (Å²) in [5.41, 5.74) is 2.83. The van der Waals surface area contributed by atoms with Crippen LogP contribution in [0.15, 0.2) is 60.7 Å². The molecule has 0 saturated carbocycles. The Morgan fingerprint density at radius 3 is 1.28 bits per heavy atom. The van der Waals surface area contributed by atoms with Crippen molar-refractivity contribution in [1.82, 2.24) is 9.80 Å². The first-order chi connectivity index (χ1) is 15.7. The van der Waals surface area contributed by atoms with Crippen LogP contribution in [0.3, 0.4) is 0 Å². The first-order valence-corrected chi connectivity index (χ1v) is 12.9. The maximum Gasteiger partial charge on any atom is 0.139 e. The number of nitrogens with zero attached hydrogens (tertiary/aromatic N) is 2. The predicted octanol–water partition coefficient (Wildman–Crippen LogP) is 5.44. The van der Waals surface area contributed by atoms with Crippen molar-refractivity contribution in [1.29, 1.82) is 0 Å². The van der Waals surface area contributed by atoms with Gasteiger partial charge in [-0.05, 0) is 62.5 Å². The van der Waals surface area contributed by atoms with Crippen LogP contribution >= 0.6 is 0 Å². The van der Waals surface area contributed by atoms with E-state index in [1.54, 1.807) is 0 Å². The summed E-state index contributed by atoms with van der Waals surface area (Å²) in [7, 11) is 0. The normalized spacial score (nSPS) is 34.6. The van der Waals surface area contributed by atoms with Crippen molar-refractivity contribution in [3.05, 3.63) is 71.8 Å². The maximum absolute atomic E-state index is 13.7. The van der Waals surface area contributed by atoms with E-state index in [0.717, 1.165) is 38.8 Å². The summed E-state index contributed by atoms with van der Waals surface area (Å²) >= 11 is 0. The van der Waals surface area contributed by atoms with Gasteiger partial charge < -0.3 is 0 Å². The van der Waals surface area contributed by atoms with E-state index in [-0.39, 0.29) is 0 Å². The van der Waals surface area contributed by atoms with E-state index in [9.17, 15) is 4.79 Å². The summed E-state index contributed by atoms with van der Waals surface area (Å²) < 4.78 is 0. The highest BCUT2D eigenvalue weighted by molar-refractivity contribution is 5.84. The Kier molecular flexibility index (Phi) is 5.64. The molecule has 4 atom stereocenters. The van der Waals surface area contributed by atoms with Gasteiger partial charge in [0, 0.05) is 49.1 Å². The lowest BCUT2D eigenvalue weighted by atomic mass is 9.77. The molecule has 4 fully saturated rings. The lowest BCUT2D eigenvalue weighted by Crippen LogP contribution is -2.48. The van der Waals surface area contributed by atoms with Gasteiger partial charge in [0.15, 0.2) is 0 Å². The van der Waals surface area contributed by atoms with Crippen molar-refractivity contribution in [2.45, 2.75) is 88.6 Å². The van der Waals surface area contributed by atoms with Gasteiger partial charge in [-0.3, -0.25) is 14.6 Å². The van der Waals surface area contributed by atoms with E-state index in [4.69, 9.17) is 0 Å². The summed E-state index contributed by atoms with van der Waals surface area (Å²) in [6.45, 7) is 2.11. The van der Waals surface area contributed by atoms with E-state index < -0.39 is 0 Å². The highest BCUT2D eigenvalue weighted by Gasteiger charge is 2.47. The number of benzene rings is 2. The SMILES string of the molecule is O=C(C1CC2CCC(C1)N2Cc1ccccc1)C1CC2CCC(C1)N2Cc1ccccc1. The van der Waals surface area contributed by atoms with Gasteiger partial charge in [0.25, 0.3) is 0 Å². The Morgan fingerprint density at radius 1 is 0.594 bits per heavy atom. The molecule has 3 nitrogen and oxygen atoms in total. The second-order valence-electron chi connectivity index (χ2n) is 10.8. The molecule has 0 radical (unpaired) electrons. The molecule has 0 N–H and O–H groups in total. The standard InChI is InChI=1S/C29H36N2O/c32-29(23-15-25-11-12-26(16-23)30(25)19-21-7-3-1-4-8-21)24-17-27-13-14-28(18-24)31(27)20-22-9-5-2-6-10-22/h1-10,23-28H,11-20H2. The predicted molar refractivity (Wildman–Crippen MR) is 128 cm³/mol. The van der Waals surface area contributed by atoms with Crippen LogP contribution in [-0.4, -0.2) is 39.8 Å². The minimum absolute atomic E-state index is 0.310. The molecule has 0 amide bonds. The minimum Gasteiger partial charge on any atom is -0.299 e. The van der Waals surface area contributed by atoms with Gasteiger partial charge in [0.1, 0.15) is 5.78 Å². The number of carbonyl (C=O) groups is 1. The molecule has 4 unspecified atom stereocenters. The number of carbonyl (C=O) groups excluding carboxylic acids is 1. The molecule has 0 aliphatic carbocycles. The van der Waals surface area contributed by atoms with Crippen LogP contribution in [0.1, 0.15) is 62.5 Å². The lowest BCUT2D eigenvalue weighted by Gasteiger charge is -2.42. The fraction of sp³-hybridized carbons (Fsp3) is 0.552. The van der Waals surface area contributed by atoms with E-state index in [1.165, 1.54) is 36.8 Å². The van der Waals surface area contributed by atoms with E-state index in [0.29, 0.717) is 41.8 Å². The summed E-state index contributed by atoms with van der Waals surface area (Å²) in [5.74, 6) is 1.24. The Hall–Kier alpha value is -1.97. The monoisotopic (exact) mass is 428 g/mol. The van der Waals surface area contributed by atoms with Crippen LogP contribution in [-0.2, 0) is 17.9 Å². The molecule has 0 spiro atoms. The van der Waals surface area contributed by atoms with E-state index >= 15 is 0 Å². The van der Waals surface area contributed by atoms with Crippen molar-refractivity contribution >= 4 is 5.78 Å². The molecule has 2 aromatic rings. The second-order valence-corrected chi connectivity index (χ2v) is 10.8. The van der Waals surface area contributed by atoms with Gasteiger partial charge in [-0.2, -0.15) is 0 Å². The quantitative estimate of drug-likeness (QED) is 0.612. The number of fused-ring (bicyclic) bond motifs is 4. The number of hydrogen-bond donors (Lipinski definition) is 0. The number of hydrogen-bond acceptors (Lipinski definition) is 3. The third kappa shape index (κ3) is 3.95. The van der Waals surface area contributed by atoms with Gasteiger partial charge in [-0.1, -0.05) is 60.7 Å². The number of ketones is 1. The summed E-state index contributed by atoms with van der Waals surface area (Å²) in [6, 6.07) is 24.2. The van der Waals surface area contributed by atoms with Crippen LogP contribution in [0.2, 0.25) is 0 Å². The molecule has 6 rings (SSSR count). The molecule has 4 saturated heterocycles. The maximum atomic E-state index is 13.7. The Bertz CT molecular complexity index is 825. The fourth-order valence-electron chi connectivity index (χ4n) is 7.45. The fourth-order valence-corrected chi connectivity index (χ4v) is 7.45. The lowest BCUT2D eigenvalue weighted by molar-refractivity contribution is -0.132. The summed E-state index contributed by atoms with van der Waals surface area (Å²) in [6.07, 6.45) is 9.52. The van der Waals surface area contributed by atoms with Gasteiger partial charge in [-0.15, -0.1) is 0 Å². The van der Waals surface area contributed by atoms with Crippen LogP contribution < -0.4 is 0 Å². The molecule has 4 heterocycles. The van der Waals surface area contributed by atoms with Gasteiger partial charge in [0.2, 0.25) is 0 Å². The largest absolute Gasteiger partial charge is 0.299 e. The van der Waals surface area contributed by atoms with Gasteiger partial charge >= 0.3 is 0 Å². The van der Waals surface area contributed by atoms with Crippen molar-refractivity contribution < 1.29 is 4.79 Å². The zero-order valence-corrected chi connectivity index (χ0v) is 19.1. The topological polar surface area (TPSA) is 23.6 Å². The van der Waals surface area contributed by atoms with Crippen LogP contribution in [0.25, 0.3) is 0 Å². The first kappa shape index (κ1) is 20.6. The Labute approximate surface area is 192 Å². The highest BCUT2D eigenvalue weighted by Crippen LogP contribution is 2.45. The molecule has 3 heteroatoms. The molecule has 168 valence electrons. The smallest absolute Gasteiger partial charge is 0.139 e. The second kappa shape index (κ2) is 8.76. The van der Waals surface area contributed by atoms with Crippen molar-refractivity contribution in [3.63, 3.8) is 0 Å². The minimum atomic E-state index is 0.310. The third-order valence-electron chi connectivity index (χ3n) is 8.99. The molecule has 4 bridgehead atoms. The molecule has 2 aromatic carbocycles. The van der Waals surface area contributed by atoms with Crippen molar-refractivity contribution in [2.75, 3.05) is 0 Å². The zero-order valence-electron chi connectivity index (χ0n) is 19.1. The van der Waals surface area contributed by atoms with Crippen molar-refractivity contribution in [2.24, 2.45) is 11.8 Å². The van der Waals surface area contributed by atoms with Gasteiger partial charge in [0.05, 0.1) is 0 Å². The van der Waals surface area contributed by atoms with Crippen molar-refractivity contribution in [3.8, 4) is 0 Å². The summed E-state index contributed by atoms with van der Waals surface area (Å²) in [4.78, 5) is 19.1. The molecule has 4 aliphatic heterocycles. The van der Waals surface area contributed by atoms with E-state index in [2.05, 4.69) is 70.5 Å². The molecule has 4 aliphatic rings. The Balaban J connectivity index is 1.08. The van der Waals surface area contributed by atoms with Crippen LogP contribution in [0, 0.1) is 11.8 Å². The number of rotatable bonds is 6. The average molecular weight is 429 g/mol. The zero-order chi connectivity index (χ0) is 21.5. The van der Waals surface area contributed by atoms with Crippen LogP contribution in [0.5, 0.6) is 0 Å². The van der Waals surface area contributed by atoms with E-state index in [1.807, 2.05) is 0 Å². The number of piperidine rings is 2. The molecule has 0 aromatic heterocycles. The molecule has 32 heavy (non-hydrogen) atoms. The Morgan fingerprint density at radius 2 is 0.938 bits per heavy atom. The third-order valence-corrected chi connectivity index (χ3v) is 8.99. The number of Topliss-reactive ketones (excluding diaryl/α,β-unsaturated/α-hetero) is 1.